The second kappa shape index (κ2) is 5.26. The number of hydrogen-bond donors (Lipinski definition) is 0. The summed E-state index contributed by atoms with van der Waals surface area (Å²) in [6.45, 7) is 0. The van der Waals surface area contributed by atoms with Gasteiger partial charge in [0, 0.05) is 11.5 Å². The number of hydrogen-bond acceptors (Lipinski definition) is 4. The number of benzene rings is 2. The first-order chi connectivity index (χ1) is 9.97. The molecule has 0 amide bonds. The predicted octanol–water partition coefficient (Wildman–Crippen LogP) is 2.95. The van der Waals surface area contributed by atoms with Gasteiger partial charge in [0.2, 0.25) is 0 Å². The van der Waals surface area contributed by atoms with E-state index in [1.807, 2.05) is 22.6 Å². The summed E-state index contributed by atoms with van der Waals surface area (Å²) >= 11 is 1.94. The van der Waals surface area contributed by atoms with Crippen LogP contribution in [0.2, 0.25) is 0 Å². The fourth-order valence-corrected chi connectivity index (χ4v) is 3.67. The molecule has 0 radical (unpaired) electrons. The van der Waals surface area contributed by atoms with Crippen LogP contribution in [0.15, 0.2) is 48.5 Å². The highest BCUT2D eigenvalue weighted by molar-refractivity contribution is 14.1. The van der Waals surface area contributed by atoms with Crippen molar-refractivity contribution in [2.45, 2.75) is 0 Å². The molecule has 0 saturated heterocycles. The molecule has 0 aliphatic heterocycles. The summed E-state index contributed by atoms with van der Waals surface area (Å²) in [6.07, 6.45) is 0. The summed E-state index contributed by atoms with van der Waals surface area (Å²) in [5.74, 6) is -0.688. The van der Waals surface area contributed by atoms with Crippen LogP contribution in [0.25, 0.3) is 10.9 Å². The van der Waals surface area contributed by atoms with Gasteiger partial charge in [-0.1, -0.05) is 24.3 Å². The molecule has 3 rings (SSSR count). The zero-order chi connectivity index (χ0) is 15.0. The first-order valence-electron chi connectivity index (χ1n) is 5.81. The van der Waals surface area contributed by atoms with Crippen molar-refractivity contribution in [1.82, 2.24) is 9.19 Å². The quantitative estimate of drug-likeness (QED) is 0.614. The Labute approximate surface area is 133 Å². The molecule has 0 fully saturated rings. The maximum absolute atomic E-state index is 13.1. The van der Waals surface area contributed by atoms with Gasteiger partial charge >= 0.3 is 10.3 Å². The predicted molar refractivity (Wildman–Crippen MR) is 83.8 cm³/mol. The first-order valence-corrected chi connectivity index (χ1v) is 8.25. The van der Waals surface area contributed by atoms with E-state index >= 15 is 0 Å². The maximum Gasteiger partial charge on any atom is 0.429 e. The molecule has 5 nitrogen and oxygen atoms in total. The fraction of sp³-hybridized carbons (Fsp3) is 0. The number of rotatable bonds is 3. The zero-order valence-electron chi connectivity index (χ0n) is 10.4. The van der Waals surface area contributed by atoms with Crippen LogP contribution in [0, 0.1) is 9.52 Å². The van der Waals surface area contributed by atoms with Crippen molar-refractivity contribution in [1.29, 1.82) is 0 Å². The summed E-state index contributed by atoms with van der Waals surface area (Å²) in [5, 5.41) is 4.68. The van der Waals surface area contributed by atoms with Crippen molar-refractivity contribution in [3.05, 3.63) is 58.0 Å². The van der Waals surface area contributed by atoms with Crippen LogP contribution in [0.4, 0.5) is 4.39 Å². The third-order valence-corrected chi connectivity index (χ3v) is 4.62. The highest BCUT2D eigenvalue weighted by Crippen LogP contribution is 2.23. The van der Waals surface area contributed by atoms with E-state index < -0.39 is 16.1 Å². The first kappa shape index (κ1) is 14.3. The lowest BCUT2D eigenvalue weighted by Crippen LogP contribution is -2.20. The molecule has 108 valence electrons. The van der Waals surface area contributed by atoms with Crippen LogP contribution in [0.1, 0.15) is 0 Å². The van der Waals surface area contributed by atoms with Crippen molar-refractivity contribution in [3.8, 4) is 5.75 Å². The largest absolute Gasteiger partial charge is 0.429 e. The van der Waals surface area contributed by atoms with Gasteiger partial charge in [0.15, 0.2) is 0 Å². The van der Waals surface area contributed by atoms with Gasteiger partial charge in [0.05, 0.1) is 5.52 Å². The van der Waals surface area contributed by atoms with E-state index in [1.165, 1.54) is 18.2 Å². The normalized spacial score (nSPS) is 11.7. The molecule has 0 atom stereocenters. The Bertz CT molecular complexity index is 924. The highest BCUT2D eigenvalue weighted by Gasteiger charge is 2.22. The van der Waals surface area contributed by atoms with Crippen molar-refractivity contribution < 1.29 is 17.0 Å². The molecule has 0 N–H and O–H groups in total. The summed E-state index contributed by atoms with van der Waals surface area (Å²) in [4.78, 5) is 0. The average molecular weight is 418 g/mol. The Morgan fingerprint density at radius 3 is 2.67 bits per heavy atom. The van der Waals surface area contributed by atoms with Crippen LogP contribution in [-0.4, -0.2) is 17.6 Å². The molecule has 0 aliphatic carbocycles. The lowest BCUT2D eigenvalue weighted by Gasteiger charge is -2.07. The summed E-state index contributed by atoms with van der Waals surface area (Å²) < 4.78 is 43.9. The monoisotopic (exact) mass is 418 g/mol. The third-order valence-electron chi connectivity index (χ3n) is 2.72. The molecule has 1 aromatic heterocycles. The van der Waals surface area contributed by atoms with E-state index in [0.717, 1.165) is 10.2 Å². The lowest BCUT2D eigenvalue weighted by atomic mass is 10.3. The summed E-state index contributed by atoms with van der Waals surface area (Å²) in [6, 6.07) is 11.8. The van der Waals surface area contributed by atoms with E-state index in [9.17, 15) is 12.8 Å². The standard InChI is InChI=1S/C13H8FIN2O3S/c14-9-4-3-5-10(8-9)20-21(18,19)17-12-7-2-1-6-11(12)13(15)16-17/h1-8H. The lowest BCUT2D eigenvalue weighted by molar-refractivity contribution is 0.469. The van der Waals surface area contributed by atoms with Gasteiger partial charge in [-0.15, -0.1) is 9.19 Å². The Morgan fingerprint density at radius 2 is 1.90 bits per heavy atom. The molecule has 0 spiro atoms. The maximum atomic E-state index is 13.1. The smallest absolute Gasteiger partial charge is 0.365 e. The van der Waals surface area contributed by atoms with Crippen molar-refractivity contribution in [2.24, 2.45) is 0 Å². The van der Waals surface area contributed by atoms with Crippen LogP contribution < -0.4 is 4.18 Å². The van der Waals surface area contributed by atoms with E-state index in [2.05, 4.69) is 5.10 Å². The van der Waals surface area contributed by atoms with Crippen molar-refractivity contribution >= 4 is 43.8 Å². The minimum atomic E-state index is -4.20. The Kier molecular flexibility index (Phi) is 3.57. The van der Waals surface area contributed by atoms with Gasteiger partial charge in [-0.25, -0.2) is 4.39 Å². The Balaban J connectivity index is 2.09. The molecule has 8 heteroatoms. The van der Waals surface area contributed by atoms with Gasteiger partial charge in [0.25, 0.3) is 0 Å². The molecule has 21 heavy (non-hydrogen) atoms. The topological polar surface area (TPSA) is 61.2 Å². The second-order valence-electron chi connectivity index (χ2n) is 4.15. The Morgan fingerprint density at radius 1 is 1.14 bits per heavy atom. The highest BCUT2D eigenvalue weighted by atomic mass is 127. The van der Waals surface area contributed by atoms with Crippen LogP contribution in [-0.2, 0) is 10.3 Å². The number of para-hydroxylation sites is 1. The number of nitrogens with zero attached hydrogens (tertiary/aromatic N) is 2. The molecule has 3 aromatic rings. The minimum Gasteiger partial charge on any atom is -0.365 e. The molecule has 0 aliphatic rings. The van der Waals surface area contributed by atoms with Crippen LogP contribution in [0.5, 0.6) is 5.75 Å². The van der Waals surface area contributed by atoms with E-state index in [1.54, 1.807) is 24.3 Å². The zero-order valence-corrected chi connectivity index (χ0v) is 13.4. The second-order valence-corrected chi connectivity index (χ2v) is 6.54. The van der Waals surface area contributed by atoms with Crippen molar-refractivity contribution in [3.63, 3.8) is 0 Å². The van der Waals surface area contributed by atoms with Crippen LogP contribution >= 0.6 is 22.6 Å². The average Bonchev–Trinajstić information content (AvgIpc) is 2.77. The van der Waals surface area contributed by atoms with Gasteiger partial charge < -0.3 is 4.18 Å². The number of fused-ring (bicyclic) bond motifs is 1. The van der Waals surface area contributed by atoms with Gasteiger partial charge in [-0.3, -0.25) is 0 Å². The molecule has 0 unspecified atom stereocenters. The molecular weight excluding hydrogens is 410 g/mol. The van der Waals surface area contributed by atoms with E-state index in [4.69, 9.17) is 4.18 Å². The van der Waals surface area contributed by atoms with E-state index in [-0.39, 0.29) is 5.75 Å². The SMILES string of the molecule is O=S(=O)(Oc1cccc(F)c1)n1nc(I)c2ccccc21. The van der Waals surface area contributed by atoms with Gasteiger partial charge in [-0.2, -0.15) is 8.42 Å². The van der Waals surface area contributed by atoms with Gasteiger partial charge in [0.1, 0.15) is 15.3 Å². The molecular formula is C13H8FIN2O3S. The van der Waals surface area contributed by atoms with Crippen molar-refractivity contribution in [2.75, 3.05) is 0 Å². The molecule has 0 bridgehead atoms. The number of aromatic nitrogens is 2. The van der Waals surface area contributed by atoms with Gasteiger partial charge in [-0.05, 0) is 40.8 Å². The summed E-state index contributed by atoms with van der Waals surface area (Å²) in [5.41, 5.74) is 0.401. The van der Waals surface area contributed by atoms with E-state index in [0.29, 0.717) is 14.6 Å². The molecule has 2 aromatic carbocycles. The Hall–Kier alpha value is -1.68. The van der Waals surface area contributed by atoms with Crippen LogP contribution in [0.3, 0.4) is 0 Å². The molecule has 1 heterocycles. The fourth-order valence-electron chi connectivity index (χ4n) is 1.85. The number of halogens is 2. The summed E-state index contributed by atoms with van der Waals surface area (Å²) in [7, 11) is -4.20. The minimum absolute atomic E-state index is 0.107. The molecule has 0 saturated carbocycles. The third kappa shape index (κ3) is 2.72.